The molecule has 1 saturated heterocycles. The van der Waals surface area contributed by atoms with E-state index in [-0.39, 0.29) is 16.5 Å². The van der Waals surface area contributed by atoms with Gasteiger partial charge in [-0.1, -0.05) is 29.8 Å². The minimum absolute atomic E-state index is 0.0238. The largest absolute Gasteiger partial charge is 0.378 e. The smallest absolute Gasteiger partial charge is 0.256 e. The zero-order valence-corrected chi connectivity index (χ0v) is 14.8. The van der Waals surface area contributed by atoms with E-state index >= 15 is 0 Å². The molecular weight excluding hydrogens is 343 g/mol. The third-order valence-corrected chi connectivity index (χ3v) is 4.49. The van der Waals surface area contributed by atoms with Crippen molar-refractivity contribution in [2.75, 3.05) is 38.3 Å². The average Bonchev–Trinajstić information content (AvgIpc) is 2.62. The maximum absolute atomic E-state index is 14.0. The maximum atomic E-state index is 14.0. The summed E-state index contributed by atoms with van der Waals surface area (Å²) in [6, 6.07) is 12.1. The standard InChI is InChI=1S/C19H20ClFN2O2/c1-22(19(24)16-7-6-15(20)12-17(16)21)13-14-4-2-3-5-18(14)23-8-10-25-11-9-23/h2-7,12H,8-11,13H2,1H3. The first-order valence-corrected chi connectivity index (χ1v) is 8.55. The van der Waals surface area contributed by atoms with Crippen LogP contribution in [0.4, 0.5) is 10.1 Å². The lowest BCUT2D eigenvalue weighted by Gasteiger charge is -2.31. The molecule has 25 heavy (non-hydrogen) atoms. The van der Waals surface area contributed by atoms with Gasteiger partial charge < -0.3 is 14.5 Å². The quantitative estimate of drug-likeness (QED) is 0.833. The lowest BCUT2D eigenvalue weighted by molar-refractivity contribution is 0.0780. The molecule has 0 radical (unpaired) electrons. The summed E-state index contributed by atoms with van der Waals surface area (Å²) >= 11 is 5.76. The van der Waals surface area contributed by atoms with E-state index in [1.807, 2.05) is 24.3 Å². The van der Waals surface area contributed by atoms with Crippen molar-refractivity contribution in [3.63, 3.8) is 0 Å². The molecule has 2 aromatic rings. The number of ether oxygens (including phenoxy) is 1. The topological polar surface area (TPSA) is 32.8 Å². The minimum atomic E-state index is -0.606. The van der Waals surface area contributed by atoms with Crippen LogP contribution in [-0.2, 0) is 11.3 Å². The predicted molar refractivity (Wildman–Crippen MR) is 96.7 cm³/mol. The molecule has 132 valence electrons. The molecule has 0 spiro atoms. The van der Waals surface area contributed by atoms with Gasteiger partial charge in [0.2, 0.25) is 0 Å². The average molecular weight is 363 g/mol. The van der Waals surface area contributed by atoms with Crippen molar-refractivity contribution < 1.29 is 13.9 Å². The molecule has 0 saturated carbocycles. The molecule has 0 atom stereocenters. The maximum Gasteiger partial charge on any atom is 0.256 e. The molecule has 0 bridgehead atoms. The highest BCUT2D eigenvalue weighted by molar-refractivity contribution is 6.30. The third kappa shape index (κ3) is 4.11. The number of morpholine rings is 1. The van der Waals surface area contributed by atoms with Gasteiger partial charge in [-0.3, -0.25) is 4.79 Å². The van der Waals surface area contributed by atoms with Gasteiger partial charge in [-0.25, -0.2) is 4.39 Å². The van der Waals surface area contributed by atoms with Crippen LogP contribution in [0.25, 0.3) is 0 Å². The molecular formula is C19H20ClFN2O2. The van der Waals surface area contributed by atoms with Gasteiger partial charge in [-0.15, -0.1) is 0 Å². The third-order valence-electron chi connectivity index (χ3n) is 4.26. The van der Waals surface area contributed by atoms with Crippen molar-refractivity contribution in [1.82, 2.24) is 4.90 Å². The summed E-state index contributed by atoms with van der Waals surface area (Å²) in [7, 11) is 1.67. The molecule has 1 amide bonds. The van der Waals surface area contributed by atoms with Gasteiger partial charge in [0.15, 0.2) is 0 Å². The Hall–Kier alpha value is -2.11. The van der Waals surface area contributed by atoms with Gasteiger partial charge in [0.05, 0.1) is 18.8 Å². The van der Waals surface area contributed by atoms with Gasteiger partial charge in [0.25, 0.3) is 5.91 Å². The van der Waals surface area contributed by atoms with Crippen LogP contribution in [-0.4, -0.2) is 44.2 Å². The number of anilines is 1. The molecule has 0 unspecified atom stereocenters. The normalized spacial score (nSPS) is 14.4. The number of carbonyl (C=O) groups excluding carboxylic acids is 1. The van der Waals surface area contributed by atoms with Crippen molar-refractivity contribution in [3.8, 4) is 0 Å². The summed E-state index contributed by atoms with van der Waals surface area (Å²) in [5.41, 5.74) is 2.13. The fraction of sp³-hybridized carbons (Fsp3) is 0.316. The summed E-state index contributed by atoms with van der Waals surface area (Å²) in [5, 5.41) is 0.273. The highest BCUT2D eigenvalue weighted by Gasteiger charge is 2.19. The first-order chi connectivity index (χ1) is 12.1. The van der Waals surface area contributed by atoms with Crippen molar-refractivity contribution in [3.05, 3.63) is 64.4 Å². The van der Waals surface area contributed by atoms with Crippen LogP contribution >= 0.6 is 11.6 Å². The highest BCUT2D eigenvalue weighted by Crippen LogP contribution is 2.24. The van der Waals surface area contributed by atoms with Gasteiger partial charge in [-0.05, 0) is 29.8 Å². The Bertz CT molecular complexity index is 763. The van der Waals surface area contributed by atoms with Crippen LogP contribution in [0.2, 0.25) is 5.02 Å². The Morgan fingerprint density at radius 1 is 1.24 bits per heavy atom. The monoisotopic (exact) mass is 362 g/mol. The summed E-state index contributed by atoms with van der Waals surface area (Å²) in [6.45, 7) is 3.42. The summed E-state index contributed by atoms with van der Waals surface area (Å²) < 4.78 is 19.4. The summed E-state index contributed by atoms with van der Waals surface area (Å²) in [4.78, 5) is 16.3. The molecule has 6 heteroatoms. The second-order valence-electron chi connectivity index (χ2n) is 6.01. The Balaban J connectivity index is 1.78. The molecule has 0 N–H and O–H groups in total. The lowest BCUT2D eigenvalue weighted by Crippen LogP contribution is -2.37. The van der Waals surface area contributed by atoms with Crippen LogP contribution in [0.3, 0.4) is 0 Å². The van der Waals surface area contributed by atoms with E-state index in [4.69, 9.17) is 16.3 Å². The number of hydrogen-bond donors (Lipinski definition) is 0. The van der Waals surface area contributed by atoms with Gasteiger partial charge in [0, 0.05) is 37.4 Å². The van der Waals surface area contributed by atoms with E-state index < -0.39 is 5.82 Å². The SMILES string of the molecule is CN(Cc1ccccc1N1CCOCC1)C(=O)c1ccc(Cl)cc1F. The zero-order valence-electron chi connectivity index (χ0n) is 14.0. The van der Waals surface area contributed by atoms with Gasteiger partial charge >= 0.3 is 0 Å². The Kier molecular flexibility index (Phi) is 5.56. The number of para-hydroxylation sites is 1. The number of amides is 1. The zero-order chi connectivity index (χ0) is 17.8. The van der Waals surface area contributed by atoms with Crippen LogP contribution < -0.4 is 4.90 Å². The van der Waals surface area contributed by atoms with Crippen LogP contribution in [0, 0.1) is 5.82 Å². The number of benzene rings is 2. The molecule has 3 rings (SSSR count). The van der Waals surface area contributed by atoms with Crippen LogP contribution in [0.5, 0.6) is 0 Å². The molecule has 1 heterocycles. The van der Waals surface area contributed by atoms with E-state index in [0.717, 1.165) is 30.4 Å². The van der Waals surface area contributed by atoms with E-state index in [1.54, 1.807) is 7.05 Å². The second kappa shape index (κ2) is 7.85. The molecule has 1 aliphatic heterocycles. The summed E-state index contributed by atoms with van der Waals surface area (Å²) in [6.07, 6.45) is 0. The molecule has 2 aromatic carbocycles. The Labute approximate surface area is 151 Å². The lowest BCUT2D eigenvalue weighted by atomic mass is 10.1. The van der Waals surface area contributed by atoms with Crippen LogP contribution in [0.15, 0.2) is 42.5 Å². The first kappa shape index (κ1) is 17.7. The van der Waals surface area contributed by atoms with E-state index in [9.17, 15) is 9.18 Å². The molecule has 4 nitrogen and oxygen atoms in total. The number of nitrogens with zero attached hydrogens (tertiary/aromatic N) is 2. The summed E-state index contributed by atoms with van der Waals surface area (Å²) in [5.74, 6) is -0.975. The van der Waals surface area contributed by atoms with Crippen LogP contribution in [0.1, 0.15) is 15.9 Å². The molecule has 0 aliphatic carbocycles. The van der Waals surface area contributed by atoms with Crippen molar-refractivity contribution >= 4 is 23.2 Å². The molecule has 1 aliphatic rings. The fourth-order valence-corrected chi connectivity index (χ4v) is 3.11. The minimum Gasteiger partial charge on any atom is -0.378 e. The van der Waals surface area contributed by atoms with Crippen molar-refractivity contribution in [1.29, 1.82) is 0 Å². The molecule has 1 fully saturated rings. The Morgan fingerprint density at radius 3 is 2.68 bits per heavy atom. The predicted octanol–water partition coefficient (Wildman–Crippen LogP) is 3.59. The number of halogens is 2. The van der Waals surface area contributed by atoms with E-state index in [1.165, 1.54) is 17.0 Å². The van der Waals surface area contributed by atoms with E-state index in [2.05, 4.69) is 4.90 Å². The number of carbonyl (C=O) groups is 1. The Morgan fingerprint density at radius 2 is 1.96 bits per heavy atom. The second-order valence-corrected chi connectivity index (χ2v) is 6.45. The molecule has 0 aromatic heterocycles. The van der Waals surface area contributed by atoms with Gasteiger partial charge in [-0.2, -0.15) is 0 Å². The highest BCUT2D eigenvalue weighted by atomic mass is 35.5. The van der Waals surface area contributed by atoms with Gasteiger partial charge in [0.1, 0.15) is 5.82 Å². The first-order valence-electron chi connectivity index (χ1n) is 8.17. The number of hydrogen-bond acceptors (Lipinski definition) is 3. The van der Waals surface area contributed by atoms with Crippen molar-refractivity contribution in [2.45, 2.75) is 6.54 Å². The van der Waals surface area contributed by atoms with Crippen molar-refractivity contribution in [2.24, 2.45) is 0 Å². The van der Waals surface area contributed by atoms with E-state index in [0.29, 0.717) is 19.8 Å². The number of rotatable bonds is 4. The fourth-order valence-electron chi connectivity index (χ4n) is 2.95.